The summed E-state index contributed by atoms with van der Waals surface area (Å²) in [6, 6.07) is 16.6. The molecule has 0 unspecified atom stereocenters. The van der Waals surface area contributed by atoms with E-state index in [1.54, 1.807) is 0 Å². The summed E-state index contributed by atoms with van der Waals surface area (Å²) >= 11 is 6.16. The number of fused-ring (bicyclic) bond motifs is 2. The number of nitrogens with zero attached hydrogens (tertiary/aromatic N) is 3. The van der Waals surface area contributed by atoms with Crippen molar-refractivity contribution in [2.45, 2.75) is 13.0 Å². The molecule has 0 bridgehead atoms. The molecule has 2 aromatic carbocycles. The van der Waals surface area contributed by atoms with Gasteiger partial charge in [-0.25, -0.2) is 0 Å². The van der Waals surface area contributed by atoms with E-state index in [-0.39, 0.29) is 0 Å². The average molecular weight is 296 g/mol. The van der Waals surface area contributed by atoms with Gasteiger partial charge in [-0.1, -0.05) is 60.1 Å². The van der Waals surface area contributed by atoms with Crippen LogP contribution in [0, 0.1) is 0 Å². The third-order valence-electron chi connectivity index (χ3n) is 4.05. The maximum Gasteiger partial charge on any atom is 0.159 e. The van der Waals surface area contributed by atoms with Gasteiger partial charge < -0.3 is 4.90 Å². The van der Waals surface area contributed by atoms with Gasteiger partial charge in [0.25, 0.3) is 0 Å². The predicted octanol–water partition coefficient (Wildman–Crippen LogP) is 3.85. The lowest BCUT2D eigenvalue weighted by Gasteiger charge is -2.30. The zero-order valence-corrected chi connectivity index (χ0v) is 12.2. The number of aromatic nitrogens is 2. The third kappa shape index (κ3) is 2.14. The second-order valence-corrected chi connectivity index (χ2v) is 5.66. The first kappa shape index (κ1) is 12.6. The number of hydrogen-bond donors (Lipinski definition) is 0. The van der Waals surface area contributed by atoms with E-state index in [1.807, 2.05) is 18.2 Å². The van der Waals surface area contributed by atoms with Crippen LogP contribution in [0.4, 0.5) is 5.82 Å². The lowest BCUT2D eigenvalue weighted by Crippen LogP contribution is -2.31. The quantitative estimate of drug-likeness (QED) is 0.683. The van der Waals surface area contributed by atoms with Crippen LogP contribution in [0.2, 0.25) is 5.15 Å². The first-order valence-corrected chi connectivity index (χ1v) is 7.43. The monoisotopic (exact) mass is 295 g/mol. The minimum absolute atomic E-state index is 0.465. The van der Waals surface area contributed by atoms with Gasteiger partial charge in [-0.3, -0.25) is 0 Å². The SMILES string of the molecule is Clc1nnc(N2CCc3ccccc3C2)c2ccccc12. The van der Waals surface area contributed by atoms with Crippen molar-refractivity contribution in [3.63, 3.8) is 0 Å². The Bertz CT molecular complexity index is 816. The van der Waals surface area contributed by atoms with E-state index in [0.717, 1.165) is 36.1 Å². The standard InChI is InChI=1S/C17H14ClN3/c18-16-14-7-3-4-8-15(14)17(20-19-16)21-10-9-12-5-1-2-6-13(12)11-21/h1-8H,9-11H2. The van der Waals surface area contributed by atoms with Crippen molar-refractivity contribution in [3.8, 4) is 0 Å². The van der Waals surface area contributed by atoms with Crippen molar-refractivity contribution < 1.29 is 0 Å². The molecule has 0 atom stereocenters. The zero-order chi connectivity index (χ0) is 14.2. The summed E-state index contributed by atoms with van der Waals surface area (Å²) in [5.41, 5.74) is 2.80. The fraction of sp³-hybridized carbons (Fsp3) is 0.176. The van der Waals surface area contributed by atoms with E-state index in [1.165, 1.54) is 11.1 Å². The molecule has 4 heteroatoms. The van der Waals surface area contributed by atoms with E-state index in [4.69, 9.17) is 11.6 Å². The molecule has 104 valence electrons. The molecule has 1 aromatic heterocycles. The molecular formula is C17H14ClN3. The van der Waals surface area contributed by atoms with Crippen LogP contribution in [-0.4, -0.2) is 16.7 Å². The Morgan fingerprint density at radius 1 is 0.857 bits per heavy atom. The van der Waals surface area contributed by atoms with Crippen LogP contribution in [-0.2, 0) is 13.0 Å². The van der Waals surface area contributed by atoms with Crippen molar-refractivity contribution in [2.75, 3.05) is 11.4 Å². The van der Waals surface area contributed by atoms with Crippen molar-refractivity contribution in [3.05, 3.63) is 64.8 Å². The summed E-state index contributed by atoms with van der Waals surface area (Å²) in [5, 5.41) is 11.0. The van der Waals surface area contributed by atoms with Gasteiger partial charge >= 0.3 is 0 Å². The number of rotatable bonds is 1. The minimum Gasteiger partial charge on any atom is -0.350 e. The largest absolute Gasteiger partial charge is 0.350 e. The highest BCUT2D eigenvalue weighted by Gasteiger charge is 2.19. The Hall–Kier alpha value is -2.13. The Kier molecular flexibility index (Phi) is 3.00. The van der Waals surface area contributed by atoms with Gasteiger partial charge in [0.15, 0.2) is 11.0 Å². The summed E-state index contributed by atoms with van der Waals surface area (Å²) in [7, 11) is 0. The molecule has 0 spiro atoms. The van der Waals surface area contributed by atoms with E-state index in [2.05, 4.69) is 45.4 Å². The molecule has 0 amide bonds. The van der Waals surface area contributed by atoms with Gasteiger partial charge in [0.05, 0.1) is 0 Å². The molecular weight excluding hydrogens is 282 g/mol. The normalized spacial score (nSPS) is 14.2. The maximum absolute atomic E-state index is 6.16. The van der Waals surface area contributed by atoms with Crippen LogP contribution in [0.1, 0.15) is 11.1 Å². The highest BCUT2D eigenvalue weighted by molar-refractivity contribution is 6.34. The highest BCUT2D eigenvalue weighted by atomic mass is 35.5. The van der Waals surface area contributed by atoms with Gasteiger partial charge in [0.2, 0.25) is 0 Å². The van der Waals surface area contributed by atoms with E-state index in [0.29, 0.717) is 5.15 Å². The zero-order valence-electron chi connectivity index (χ0n) is 11.5. The molecule has 0 N–H and O–H groups in total. The Balaban J connectivity index is 1.80. The summed E-state index contributed by atoms with van der Waals surface area (Å²) < 4.78 is 0. The topological polar surface area (TPSA) is 29.0 Å². The number of anilines is 1. The van der Waals surface area contributed by atoms with E-state index in [9.17, 15) is 0 Å². The first-order chi connectivity index (χ1) is 10.3. The maximum atomic E-state index is 6.16. The van der Waals surface area contributed by atoms with Crippen molar-refractivity contribution >= 4 is 28.2 Å². The first-order valence-electron chi connectivity index (χ1n) is 7.05. The summed E-state index contributed by atoms with van der Waals surface area (Å²) in [6.07, 6.45) is 1.04. The van der Waals surface area contributed by atoms with Gasteiger partial charge in [-0.05, 0) is 17.5 Å². The lowest BCUT2D eigenvalue weighted by molar-refractivity contribution is 0.717. The van der Waals surface area contributed by atoms with Crippen molar-refractivity contribution in [2.24, 2.45) is 0 Å². The Labute approximate surface area is 128 Å². The molecule has 0 saturated heterocycles. The minimum atomic E-state index is 0.465. The van der Waals surface area contributed by atoms with Gasteiger partial charge in [0, 0.05) is 23.9 Å². The average Bonchev–Trinajstić information content (AvgIpc) is 2.55. The smallest absolute Gasteiger partial charge is 0.159 e. The molecule has 0 fully saturated rings. The van der Waals surface area contributed by atoms with E-state index < -0.39 is 0 Å². The van der Waals surface area contributed by atoms with Crippen LogP contribution in [0.5, 0.6) is 0 Å². The molecule has 1 aliphatic heterocycles. The third-order valence-corrected chi connectivity index (χ3v) is 4.33. The van der Waals surface area contributed by atoms with Gasteiger partial charge in [-0.2, -0.15) is 0 Å². The van der Waals surface area contributed by atoms with Crippen LogP contribution >= 0.6 is 11.6 Å². The second kappa shape index (κ2) is 5.01. The van der Waals surface area contributed by atoms with Crippen LogP contribution in [0.3, 0.4) is 0 Å². The fourth-order valence-electron chi connectivity index (χ4n) is 2.97. The number of benzene rings is 2. The van der Waals surface area contributed by atoms with Gasteiger partial charge in [-0.15, -0.1) is 10.2 Å². The fourth-order valence-corrected chi connectivity index (χ4v) is 3.17. The molecule has 1 aliphatic rings. The molecule has 3 nitrogen and oxygen atoms in total. The molecule has 2 heterocycles. The highest BCUT2D eigenvalue weighted by Crippen LogP contribution is 2.31. The van der Waals surface area contributed by atoms with Crippen molar-refractivity contribution in [1.82, 2.24) is 10.2 Å². The molecule has 0 aliphatic carbocycles. The predicted molar refractivity (Wildman–Crippen MR) is 85.7 cm³/mol. The number of halogens is 1. The van der Waals surface area contributed by atoms with E-state index >= 15 is 0 Å². The number of hydrogen-bond acceptors (Lipinski definition) is 3. The molecule has 0 radical (unpaired) electrons. The molecule has 21 heavy (non-hydrogen) atoms. The molecule has 0 saturated carbocycles. The second-order valence-electron chi connectivity index (χ2n) is 5.30. The summed E-state index contributed by atoms with van der Waals surface area (Å²) in [5.74, 6) is 0.921. The molecule has 4 rings (SSSR count). The Morgan fingerprint density at radius 3 is 2.43 bits per heavy atom. The van der Waals surface area contributed by atoms with Gasteiger partial charge in [0.1, 0.15) is 0 Å². The lowest BCUT2D eigenvalue weighted by atomic mass is 9.99. The summed E-state index contributed by atoms with van der Waals surface area (Å²) in [6.45, 7) is 1.83. The van der Waals surface area contributed by atoms with Crippen LogP contribution in [0.25, 0.3) is 10.8 Å². The molecule has 3 aromatic rings. The summed E-state index contributed by atoms with van der Waals surface area (Å²) in [4.78, 5) is 2.29. The van der Waals surface area contributed by atoms with Crippen LogP contribution < -0.4 is 4.90 Å². The van der Waals surface area contributed by atoms with Crippen LogP contribution in [0.15, 0.2) is 48.5 Å². The Morgan fingerprint density at radius 2 is 1.57 bits per heavy atom. The van der Waals surface area contributed by atoms with Crippen molar-refractivity contribution in [1.29, 1.82) is 0 Å².